The summed E-state index contributed by atoms with van der Waals surface area (Å²) in [6.45, 7) is 3.08. The van der Waals surface area contributed by atoms with Crippen molar-refractivity contribution in [3.8, 4) is 0 Å². The van der Waals surface area contributed by atoms with Crippen molar-refractivity contribution in [1.29, 1.82) is 0 Å². The maximum absolute atomic E-state index is 12.5. The molecule has 1 aromatic heterocycles. The second-order valence-electron chi connectivity index (χ2n) is 6.97. The van der Waals surface area contributed by atoms with Gasteiger partial charge in [-0.1, -0.05) is 31.4 Å². The number of aromatic nitrogens is 2. The van der Waals surface area contributed by atoms with E-state index in [0.29, 0.717) is 6.04 Å². The summed E-state index contributed by atoms with van der Waals surface area (Å²) >= 11 is 0. The average molecular weight is 339 g/mol. The number of amides is 2. The summed E-state index contributed by atoms with van der Waals surface area (Å²) in [5.41, 5.74) is 0.963. The maximum atomic E-state index is 12.5. The van der Waals surface area contributed by atoms with Gasteiger partial charge in [0.2, 0.25) is 0 Å². The fourth-order valence-electron chi connectivity index (χ4n) is 3.88. The van der Waals surface area contributed by atoms with Crippen molar-refractivity contribution in [2.24, 2.45) is 0 Å². The topological polar surface area (TPSA) is 61.4 Å². The minimum Gasteiger partial charge on any atom is -0.352 e. The minimum atomic E-state index is 0.0964. The molecule has 2 fully saturated rings. The van der Waals surface area contributed by atoms with Gasteiger partial charge in [0, 0.05) is 37.6 Å². The number of piperazine rings is 1. The zero-order chi connectivity index (χ0) is 17.1. The first-order chi connectivity index (χ1) is 12.3. The standard InChI is InChI=1S/C19H25N5O/c25-19(22-15-6-2-1-3-7-15)24-12-10-23(11-13-24)18-16-8-4-5-9-17(16)20-14-21-18/h4-5,8-9,14-15H,1-3,6-7,10-13H2,(H,22,25). The Kier molecular flexibility index (Phi) is 4.68. The van der Waals surface area contributed by atoms with Gasteiger partial charge in [-0.05, 0) is 25.0 Å². The van der Waals surface area contributed by atoms with Crippen molar-refractivity contribution in [1.82, 2.24) is 20.2 Å². The number of nitrogens with one attached hydrogen (secondary N) is 1. The zero-order valence-electron chi connectivity index (χ0n) is 14.5. The highest BCUT2D eigenvalue weighted by molar-refractivity contribution is 5.89. The van der Waals surface area contributed by atoms with Crippen molar-refractivity contribution in [2.45, 2.75) is 38.1 Å². The normalized spacial score (nSPS) is 19.2. The second kappa shape index (κ2) is 7.25. The van der Waals surface area contributed by atoms with E-state index < -0.39 is 0 Å². The van der Waals surface area contributed by atoms with Gasteiger partial charge < -0.3 is 15.1 Å². The van der Waals surface area contributed by atoms with Crippen LogP contribution < -0.4 is 10.2 Å². The Hall–Kier alpha value is -2.37. The van der Waals surface area contributed by atoms with Crippen molar-refractivity contribution in [3.05, 3.63) is 30.6 Å². The molecule has 2 amide bonds. The average Bonchev–Trinajstić information content (AvgIpc) is 2.68. The van der Waals surface area contributed by atoms with E-state index in [4.69, 9.17) is 0 Å². The first-order valence-corrected chi connectivity index (χ1v) is 9.31. The number of fused-ring (bicyclic) bond motifs is 1. The molecule has 1 N–H and O–H groups in total. The number of carbonyl (C=O) groups is 1. The number of hydrogen-bond donors (Lipinski definition) is 1. The third kappa shape index (κ3) is 3.52. The molecule has 0 radical (unpaired) electrons. The molecule has 4 rings (SSSR count). The second-order valence-corrected chi connectivity index (χ2v) is 6.97. The van der Waals surface area contributed by atoms with Gasteiger partial charge in [0.15, 0.2) is 0 Å². The number of carbonyl (C=O) groups excluding carboxylic acids is 1. The summed E-state index contributed by atoms with van der Waals surface area (Å²) in [6, 6.07) is 8.54. The maximum Gasteiger partial charge on any atom is 0.317 e. The van der Waals surface area contributed by atoms with Crippen molar-refractivity contribution in [3.63, 3.8) is 0 Å². The summed E-state index contributed by atoms with van der Waals surface area (Å²) < 4.78 is 0. The van der Waals surface area contributed by atoms with Crippen LogP contribution in [0.3, 0.4) is 0 Å². The fourth-order valence-corrected chi connectivity index (χ4v) is 3.88. The molecule has 1 saturated heterocycles. The molecule has 0 unspecified atom stereocenters. The Morgan fingerprint density at radius 1 is 1.00 bits per heavy atom. The third-order valence-electron chi connectivity index (χ3n) is 5.32. The predicted octanol–water partition coefficient (Wildman–Crippen LogP) is 2.79. The molecule has 2 aliphatic rings. The molecule has 132 valence electrons. The molecule has 0 spiro atoms. The SMILES string of the molecule is O=C(NC1CCCCC1)N1CCN(c2ncnc3ccccc23)CC1. The first kappa shape index (κ1) is 16.1. The van der Waals surface area contributed by atoms with Crippen molar-refractivity contribution < 1.29 is 4.79 Å². The van der Waals surface area contributed by atoms with E-state index >= 15 is 0 Å². The highest BCUT2D eigenvalue weighted by Gasteiger charge is 2.25. The van der Waals surface area contributed by atoms with Crippen molar-refractivity contribution >= 4 is 22.8 Å². The summed E-state index contributed by atoms with van der Waals surface area (Å²) in [6.07, 6.45) is 7.65. The van der Waals surface area contributed by atoms with Crippen LogP contribution in [0, 0.1) is 0 Å². The third-order valence-corrected chi connectivity index (χ3v) is 5.32. The van der Waals surface area contributed by atoms with Crippen LogP contribution in [-0.4, -0.2) is 53.1 Å². The quantitative estimate of drug-likeness (QED) is 0.914. The molecule has 1 aromatic carbocycles. The number of urea groups is 1. The van der Waals surface area contributed by atoms with Gasteiger partial charge in [-0.15, -0.1) is 0 Å². The van der Waals surface area contributed by atoms with Crippen molar-refractivity contribution in [2.75, 3.05) is 31.1 Å². The number of anilines is 1. The van der Waals surface area contributed by atoms with Crippen LogP contribution in [0.5, 0.6) is 0 Å². The van der Waals surface area contributed by atoms with Crippen LogP contribution in [0.4, 0.5) is 10.6 Å². The van der Waals surface area contributed by atoms with Crippen LogP contribution in [-0.2, 0) is 0 Å². The number of rotatable bonds is 2. The fraction of sp³-hybridized carbons (Fsp3) is 0.526. The number of hydrogen-bond acceptors (Lipinski definition) is 4. The molecular weight excluding hydrogens is 314 g/mol. The Balaban J connectivity index is 1.38. The van der Waals surface area contributed by atoms with E-state index in [1.165, 1.54) is 19.3 Å². The highest BCUT2D eigenvalue weighted by atomic mass is 16.2. The van der Waals surface area contributed by atoms with E-state index in [1.807, 2.05) is 23.1 Å². The molecule has 1 aliphatic heterocycles. The van der Waals surface area contributed by atoms with E-state index in [0.717, 1.165) is 55.7 Å². The Morgan fingerprint density at radius 2 is 1.76 bits per heavy atom. The molecule has 2 aromatic rings. The van der Waals surface area contributed by atoms with Gasteiger partial charge in [-0.3, -0.25) is 0 Å². The summed E-state index contributed by atoms with van der Waals surface area (Å²) in [5.74, 6) is 0.970. The Bertz CT molecular complexity index is 730. The number of para-hydroxylation sites is 1. The molecule has 2 heterocycles. The largest absolute Gasteiger partial charge is 0.352 e. The van der Waals surface area contributed by atoms with Gasteiger partial charge in [-0.2, -0.15) is 0 Å². The summed E-state index contributed by atoms with van der Waals surface area (Å²) in [5, 5.41) is 4.29. The van der Waals surface area contributed by atoms with Crippen LogP contribution in [0.2, 0.25) is 0 Å². The molecule has 6 nitrogen and oxygen atoms in total. The van der Waals surface area contributed by atoms with Crippen LogP contribution >= 0.6 is 0 Å². The Morgan fingerprint density at radius 3 is 2.56 bits per heavy atom. The number of benzene rings is 1. The lowest BCUT2D eigenvalue weighted by Gasteiger charge is -2.36. The lowest BCUT2D eigenvalue weighted by molar-refractivity contribution is 0.186. The van der Waals surface area contributed by atoms with Crippen LogP contribution in [0.1, 0.15) is 32.1 Å². The summed E-state index contributed by atoms with van der Waals surface area (Å²) in [7, 11) is 0. The minimum absolute atomic E-state index is 0.0964. The van der Waals surface area contributed by atoms with Gasteiger partial charge in [0.25, 0.3) is 0 Å². The van der Waals surface area contributed by atoms with E-state index in [2.05, 4.69) is 26.3 Å². The van der Waals surface area contributed by atoms with E-state index in [1.54, 1.807) is 6.33 Å². The van der Waals surface area contributed by atoms with Gasteiger partial charge >= 0.3 is 6.03 Å². The molecule has 25 heavy (non-hydrogen) atoms. The molecule has 1 aliphatic carbocycles. The molecule has 6 heteroatoms. The highest BCUT2D eigenvalue weighted by Crippen LogP contribution is 2.23. The van der Waals surface area contributed by atoms with E-state index in [-0.39, 0.29) is 6.03 Å². The predicted molar refractivity (Wildman–Crippen MR) is 98.7 cm³/mol. The first-order valence-electron chi connectivity index (χ1n) is 9.31. The van der Waals surface area contributed by atoms with E-state index in [9.17, 15) is 4.79 Å². The van der Waals surface area contributed by atoms with Gasteiger partial charge in [-0.25, -0.2) is 14.8 Å². The molecular formula is C19H25N5O. The Labute approximate surface area is 148 Å². The molecule has 1 saturated carbocycles. The lowest BCUT2D eigenvalue weighted by Crippen LogP contribution is -2.53. The zero-order valence-corrected chi connectivity index (χ0v) is 14.5. The monoisotopic (exact) mass is 339 g/mol. The number of nitrogens with zero attached hydrogens (tertiary/aromatic N) is 4. The lowest BCUT2D eigenvalue weighted by atomic mass is 9.96. The van der Waals surface area contributed by atoms with Gasteiger partial charge in [0.05, 0.1) is 5.52 Å². The smallest absolute Gasteiger partial charge is 0.317 e. The van der Waals surface area contributed by atoms with Crippen LogP contribution in [0.25, 0.3) is 10.9 Å². The van der Waals surface area contributed by atoms with Gasteiger partial charge in [0.1, 0.15) is 12.1 Å². The van der Waals surface area contributed by atoms with Crippen LogP contribution in [0.15, 0.2) is 30.6 Å². The molecule has 0 atom stereocenters. The molecule has 0 bridgehead atoms. The summed E-state index contributed by atoms with van der Waals surface area (Å²) in [4.78, 5) is 25.5.